The van der Waals surface area contributed by atoms with Crippen LogP contribution in [0, 0.1) is 0 Å². The predicted octanol–water partition coefficient (Wildman–Crippen LogP) is 7.32. The van der Waals surface area contributed by atoms with Crippen molar-refractivity contribution in [1.29, 1.82) is 0 Å². The molecule has 38 heavy (non-hydrogen) atoms. The Labute approximate surface area is 240 Å². The van der Waals surface area contributed by atoms with Crippen LogP contribution in [-0.4, -0.2) is 34.6 Å². The molecule has 200 valence electrons. The van der Waals surface area contributed by atoms with Crippen molar-refractivity contribution in [2.45, 2.75) is 62.9 Å². The number of halogens is 2. The van der Waals surface area contributed by atoms with Gasteiger partial charge in [-0.25, -0.2) is 0 Å². The zero-order chi connectivity index (χ0) is 26.7. The summed E-state index contributed by atoms with van der Waals surface area (Å²) in [7, 11) is 0. The lowest BCUT2D eigenvalue weighted by molar-refractivity contribution is -0.141. The Hall–Kier alpha value is -2.47. The molecule has 3 aromatic rings. The summed E-state index contributed by atoms with van der Waals surface area (Å²) in [6.07, 6.45) is 4.98. The first-order chi connectivity index (χ1) is 18.5. The molecule has 7 heteroatoms. The van der Waals surface area contributed by atoms with Crippen molar-refractivity contribution in [2.24, 2.45) is 0 Å². The van der Waals surface area contributed by atoms with E-state index < -0.39 is 6.04 Å². The largest absolute Gasteiger partial charge is 0.352 e. The summed E-state index contributed by atoms with van der Waals surface area (Å²) in [5.41, 5.74) is 3.01. The van der Waals surface area contributed by atoms with E-state index in [4.69, 9.17) is 23.2 Å². The van der Waals surface area contributed by atoms with Gasteiger partial charge >= 0.3 is 0 Å². The minimum absolute atomic E-state index is 0.0564. The molecule has 4 rings (SSSR count). The van der Waals surface area contributed by atoms with Gasteiger partial charge in [0.15, 0.2) is 0 Å². The van der Waals surface area contributed by atoms with Crippen LogP contribution in [0.25, 0.3) is 0 Å². The molecule has 0 spiro atoms. The van der Waals surface area contributed by atoms with Gasteiger partial charge in [-0.1, -0.05) is 103 Å². The van der Waals surface area contributed by atoms with Gasteiger partial charge in [0.1, 0.15) is 6.04 Å². The van der Waals surface area contributed by atoms with Crippen LogP contribution in [-0.2, 0) is 28.3 Å². The van der Waals surface area contributed by atoms with Gasteiger partial charge in [-0.05, 0) is 41.7 Å². The van der Waals surface area contributed by atoms with Gasteiger partial charge in [0.05, 0.1) is 0 Å². The first-order valence-corrected chi connectivity index (χ1v) is 15.1. The van der Waals surface area contributed by atoms with Gasteiger partial charge in [0.2, 0.25) is 11.8 Å². The summed E-state index contributed by atoms with van der Waals surface area (Å²) >= 11 is 14.4. The third-order valence-electron chi connectivity index (χ3n) is 6.90. The van der Waals surface area contributed by atoms with Crippen molar-refractivity contribution >= 4 is 46.8 Å². The summed E-state index contributed by atoms with van der Waals surface area (Å²) < 4.78 is 0. The van der Waals surface area contributed by atoms with E-state index in [0.29, 0.717) is 28.6 Å². The van der Waals surface area contributed by atoms with E-state index in [1.54, 1.807) is 28.8 Å². The topological polar surface area (TPSA) is 49.4 Å². The average molecular weight is 570 g/mol. The summed E-state index contributed by atoms with van der Waals surface area (Å²) in [6.45, 7) is 0.244. The van der Waals surface area contributed by atoms with Crippen molar-refractivity contribution in [1.82, 2.24) is 10.2 Å². The molecule has 0 heterocycles. The van der Waals surface area contributed by atoms with Crippen molar-refractivity contribution in [3.05, 3.63) is 106 Å². The van der Waals surface area contributed by atoms with Crippen molar-refractivity contribution in [2.75, 3.05) is 5.75 Å². The SMILES string of the molecule is O=C(NC1CCCC1)[C@@H](Cc1ccccc1)N(Cc1ccc(Cl)cc1Cl)C(=O)CCSCc1ccccc1. The molecule has 3 aromatic carbocycles. The maximum atomic E-state index is 13.8. The van der Waals surface area contributed by atoms with E-state index in [-0.39, 0.29) is 24.4 Å². The Kier molecular flexibility index (Phi) is 11.0. The van der Waals surface area contributed by atoms with Crippen molar-refractivity contribution < 1.29 is 9.59 Å². The predicted molar refractivity (Wildman–Crippen MR) is 159 cm³/mol. The quantitative estimate of drug-likeness (QED) is 0.233. The first kappa shape index (κ1) is 28.5. The lowest BCUT2D eigenvalue weighted by Crippen LogP contribution is -2.52. The van der Waals surface area contributed by atoms with Crippen LogP contribution >= 0.6 is 35.0 Å². The highest BCUT2D eigenvalue weighted by molar-refractivity contribution is 7.98. The summed E-state index contributed by atoms with van der Waals surface area (Å²) in [4.78, 5) is 29.2. The van der Waals surface area contributed by atoms with Crippen LogP contribution in [0.1, 0.15) is 48.8 Å². The van der Waals surface area contributed by atoms with Crippen LogP contribution in [0.4, 0.5) is 0 Å². The smallest absolute Gasteiger partial charge is 0.243 e. The fourth-order valence-corrected chi connectivity index (χ4v) is 6.18. The number of nitrogens with zero attached hydrogens (tertiary/aromatic N) is 1. The monoisotopic (exact) mass is 568 g/mol. The number of nitrogens with one attached hydrogen (secondary N) is 1. The van der Waals surface area contributed by atoms with Crippen molar-refractivity contribution in [3.63, 3.8) is 0 Å². The number of amides is 2. The van der Waals surface area contributed by atoms with Gasteiger partial charge in [0.25, 0.3) is 0 Å². The fraction of sp³-hybridized carbons (Fsp3) is 0.355. The highest BCUT2D eigenvalue weighted by atomic mass is 35.5. The van der Waals surface area contributed by atoms with Crippen LogP contribution in [0.2, 0.25) is 10.0 Å². The maximum absolute atomic E-state index is 13.8. The van der Waals surface area contributed by atoms with Crippen LogP contribution in [0.15, 0.2) is 78.9 Å². The maximum Gasteiger partial charge on any atom is 0.243 e. The molecule has 0 bridgehead atoms. The molecule has 1 fully saturated rings. The molecule has 0 saturated heterocycles. The number of carbonyl (C=O) groups excluding carboxylic acids is 2. The molecule has 0 aromatic heterocycles. The van der Waals surface area contributed by atoms with E-state index in [2.05, 4.69) is 17.4 Å². The van der Waals surface area contributed by atoms with E-state index in [1.165, 1.54) is 5.56 Å². The van der Waals surface area contributed by atoms with Gasteiger partial charge < -0.3 is 10.2 Å². The highest BCUT2D eigenvalue weighted by Gasteiger charge is 2.32. The van der Waals surface area contributed by atoms with Gasteiger partial charge in [-0.2, -0.15) is 11.8 Å². The third-order valence-corrected chi connectivity index (χ3v) is 8.52. The minimum Gasteiger partial charge on any atom is -0.352 e. The Balaban J connectivity index is 1.55. The van der Waals surface area contributed by atoms with Gasteiger partial charge in [-0.15, -0.1) is 0 Å². The molecular weight excluding hydrogens is 535 g/mol. The molecule has 1 N–H and O–H groups in total. The normalized spacial score (nSPS) is 14.3. The molecule has 2 amide bonds. The van der Waals surface area contributed by atoms with Crippen LogP contribution < -0.4 is 5.32 Å². The second-order valence-corrected chi connectivity index (χ2v) is 11.7. The molecule has 0 aliphatic heterocycles. The number of hydrogen-bond acceptors (Lipinski definition) is 3. The second kappa shape index (κ2) is 14.6. The van der Waals surface area contributed by atoms with E-state index in [1.807, 2.05) is 54.6 Å². The van der Waals surface area contributed by atoms with Crippen LogP contribution in [0.5, 0.6) is 0 Å². The number of rotatable bonds is 12. The molecule has 1 saturated carbocycles. The van der Waals surface area contributed by atoms with E-state index in [0.717, 1.165) is 42.6 Å². The zero-order valence-electron chi connectivity index (χ0n) is 21.5. The molecule has 1 atom stereocenters. The van der Waals surface area contributed by atoms with Gasteiger partial charge in [-0.3, -0.25) is 9.59 Å². The van der Waals surface area contributed by atoms with Crippen LogP contribution in [0.3, 0.4) is 0 Å². The Bertz CT molecular complexity index is 1190. The number of benzene rings is 3. The highest BCUT2D eigenvalue weighted by Crippen LogP contribution is 2.25. The molecule has 1 aliphatic rings. The minimum atomic E-state index is -0.642. The molecule has 1 aliphatic carbocycles. The molecular formula is C31H34Cl2N2O2S. The Morgan fingerprint density at radius 2 is 1.58 bits per heavy atom. The summed E-state index contributed by atoms with van der Waals surface area (Å²) in [5.74, 6) is 1.35. The van der Waals surface area contributed by atoms with E-state index in [9.17, 15) is 9.59 Å². The Morgan fingerprint density at radius 3 is 2.24 bits per heavy atom. The standard InChI is InChI=1S/C31H34Cl2N2O2S/c32-26-16-15-25(28(33)20-26)21-35(30(36)17-18-38-22-24-11-5-2-6-12-24)29(19-23-9-3-1-4-10-23)31(37)34-27-13-7-8-14-27/h1-6,9-12,15-16,20,27,29H,7-8,13-14,17-19,21-22H2,(H,34,37)/t29-/m1/s1. The van der Waals surface area contributed by atoms with Gasteiger partial charge in [0, 0.05) is 47.0 Å². The number of hydrogen-bond donors (Lipinski definition) is 1. The number of thioether (sulfide) groups is 1. The lowest BCUT2D eigenvalue weighted by Gasteiger charge is -2.32. The van der Waals surface area contributed by atoms with Crippen molar-refractivity contribution in [3.8, 4) is 0 Å². The lowest BCUT2D eigenvalue weighted by atomic mass is 10.0. The second-order valence-electron chi connectivity index (χ2n) is 9.74. The zero-order valence-corrected chi connectivity index (χ0v) is 23.8. The Morgan fingerprint density at radius 1 is 0.921 bits per heavy atom. The number of carbonyl (C=O) groups is 2. The molecule has 0 unspecified atom stereocenters. The fourth-order valence-electron chi connectivity index (χ4n) is 4.82. The van der Waals surface area contributed by atoms with E-state index >= 15 is 0 Å². The first-order valence-electron chi connectivity index (χ1n) is 13.2. The third kappa shape index (κ3) is 8.52. The summed E-state index contributed by atoms with van der Waals surface area (Å²) in [5, 5.41) is 4.27. The average Bonchev–Trinajstić information content (AvgIpc) is 3.44. The summed E-state index contributed by atoms with van der Waals surface area (Å²) in [6, 6.07) is 24.9. The molecule has 4 nitrogen and oxygen atoms in total. The molecule has 0 radical (unpaired) electrons.